The Kier molecular flexibility index (Phi) is 6.47. The van der Waals surface area contributed by atoms with E-state index in [4.69, 9.17) is 11.6 Å². The van der Waals surface area contributed by atoms with Crippen molar-refractivity contribution >= 4 is 21.6 Å². The van der Waals surface area contributed by atoms with Gasteiger partial charge in [-0.25, -0.2) is 13.1 Å². The van der Waals surface area contributed by atoms with Crippen molar-refractivity contribution in [3.8, 4) is 0 Å². The summed E-state index contributed by atoms with van der Waals surface area (Å²) in [6, 6.07) is 3.76. The first-order chi connectivity index (χ1) is 8.14. The molecule has 0 aliphatic rings. The fourth-order valence-corrected chi connectivity index (χ4v) is 2.69. The van der Waals surface area contributed by atoms with Crippen molar-refractivity contribution in [3.05, 3.63) is 30.1 Å². The number of rotatable bonds is 8. The molecule has 0 saturated carbocycles. The van der Waals surface area contributed by atoms with Gasteiger partial charge in [0.05, 0.1) is 5.75 Å². The van der Waals surface area contributed by atoms with Crippen LogP contribution in [0.15, 0.2) is 24.5 Å². The maximum absolute atomic E-state index is 11.5. The van der Waals surface area contributed by atoms with Crippen LogP contribution in [0.25, 0.3) is 0 Å². The molecule has 0 atom stereocenters. The van der Waals surface area contributed by atoms with Crippen molar-refractivity contribution in [3.63, 3.8) is 0 Å². The van der Waals surface area contributed by atoms with Crippen LogP contribution in [0.3, 0.4) is 0 Å². The molecule has 0 saturated heterocycles. The van der Waals surface area contributed by atoms with Gasteiger partial charge in [-0.05, 0) is 30.9 Å². The van der Waals surface area contributed by atoms with E-state index in [1.54, 1.807) is 12.4 Å². The fraction of sp³-hybridized carbons (Fsp3) is 0.545. The van der Waals surface area contributed by atoms with Gasteiger partial charge in [-0.15, -0.1) is 11.6 Å². The topological polar surface area (TPSA) is 59.1 Å². The van der Waals surface area contributed by atoms with Gasteiger partial charge >= 0.3 is 0 Å². The summed E-state index contributed by atoms with van der Waals surface area (Å²) in [5.41, 5.74) is 1.02. The number of alkyl halides is 1. The molecular weight excluding hydrogens is 260 g/mol. The van der Waals surface area contributed by atoms with Gasteiger partial charge in [0.15, 0.2) is 0 Å². The molecule has 0 aromatic carbocycles. The summed E-state index contributed by atoms with van der Waals surface area (Å²) in [5, 5.41) is 0. The summed E-state index contributed by atoms with van der Waals surface area (Å²) in [5.74, 6) is 0.651. The Bertz CT molecular complexity index is 409. The van der Waals surface area contributed by atoms with Crippen LogP contribution in [0, 0.1) is 0 Å². The molecule has 0 aliphatic carbocycles. The number of unbranched alkanes of at least 4 members (excludes halogenated alkanes) is 1. The number of hydrogen-bond donors (Lipinski definition) is 1. The van der Waals surface area contributed by atoms with Gasteiger partial charge in [0.2, 0.25) is 10.0 Å². The minimum atomic E-state index is -3.15. The second kappa shape index (κ2) is 7.63. The second-order valence-corrected chi connectivity index (χ2v) is 6.02. The molecular formula is C11H17ClN2O2S. The summed E-state index contributed by atoms with van der Waals surface area (Å²) in [6.45, 7) is 0.412. The predicted molar refractivity (Wildman–Crippen MR) is 69.7 cm³/mol. The van der Waals surface area contributed by atoms with Crippen LogP contribution in [0.4, 0.5) is 0 Å². The number of halogens is 1. The summed E-state index contributed by atoms with van der Waals surface area (Å²) in [4.78, 5) is 3.97. The predicted octanol–water partition coefficient (Wildman–Crippen LogP) is 1.56. The van der Waals surface area contributed by atoms with E-state index in [0.29, 0.717) is 25.3 Å². The summed E-state index contributed by atoms with van der Waals surface area (Å²) in [7, 11) is -3.15. The Labute approximate surface area is 107 Å². The van der Waals surface area contributed by atoms with Crippen LogP contribution in [0.2, 0.25) is 0 Å². The number of nitrogens with one attached hydrogen (secondary N) is 1. The molecule has 0 amide bonds. The van der Waals surface area contributed by atoms with Crippen molar-refractivity contribution in [1.29, 1.82) is 0 Å². The molecule has 0 radical (unpaired) electrons. The van der Waals surface area contributed by atoms with Gasteiger partial charge in [-0.2, -0.15) is 0 Å². The Morgan fingerprint density at radius 1 is 1.35 bits per heavy atom. The number of hydrogen-bond acceptors (Lipinski definition) is 3. The average Bonchev–Trinajstić information content (AvgIpc) is 2.30. The summed E-state index contributed by atoms with van der Waals surface area (Å²) < 4.78 is 25.6. The van der Waals surface area contributed by atoms with Gasteiger partial charge < -0.3 is 0 Å². The van der Waals surface area contributed by atoms with E-state index in [1.165, 1.54) is 0 Å². The van der Waals surface area contributed by atoms with E-state index in [-0.39, 0.29) is 5.75 Å². The van der Waals surface area contributed by atoms with E-state index in [0.717, 1.165) is 12.0 Å². The molecule has 1 aromatic rings. The zero-order valence-corrected chi connectivity index (χ0v) is 11.2. The SMILES string of the molecule is O=S(=O)(CCCCCl)NCCc1cccnc1. The molecule has 4 nitrogen and oxygen atoms in total. The van der Waals surface area contributed by atoms with Crippen molar-refractivity contribution in [2.24, 2.45) is 0 Å². The zero-order chi connectivity index (χ0) is 12.6. The van der Waals surface area contributed by atoms with E-state index < -0.39 is 10.0 Å². The minimum Gasteiger partial charge on any atom is -0.264 e. The highest BCUT2D eigenvalue weighted by molar-refractivity contribution is 7.89. The highest BCUT2D eigenvalue weighted by atomic mass is 35.5. The maximum atomic E-state index is 11.5. The Morgan fingerprint density at radius 3 is 2.82 bits per heavy atom. The van der Waals surface area contributed by atoms with Crippen LogP contribution in [0.1, 0.15) is 18.4 Å². The monoisotopic (exact) mass is 276 g/mol. The molecule has 0 unspecified atom stereocenters. The fourth-order valence-electron chi connectivity index (χ4n) is 1.36. The van der Waals surface area contributed by atoms with Crippen LogP contribution in [0.5, 0.6) is 0 Å². The molecule has 1 N–H and O–H groups in total. The molecule has 1 aromatic heterocycles. The van der Waals surface area contributed by atoms with Crippen molar-refractivity contribution in [1.82, 2.24) is 9.71 Å². The quantitative estimate of drug-likeness (QED) is 0.579. The molecule has 1 rings (SSSR count). The third kappa shape index (κ3) is 6.61. The Balaban J connectivity index is 2.26. The normalized spacial score (nSPS) is 11.6. The van der Waals surface area contributed by atoms with Gasteiger partial charge in [-0.3, -0.25) is 4.98 Å². The third-order valence-corrected chi connectivity index (χ3v) is 3.99. The maximum Gasteiger partial charge on any atom is 0.211 e. The minimum absolute atomic E-state index is 0.146. The van der Waals surface area contributed by atoms with Gasteiger partial charge in [0.1, 0.15) is 0 Å². The molecule has 0 bridgehead atoms. The molecule has 17 heavy (non-hydrogen) atoms. The first-order valence-corrected chi connectivity index (χ1v) is 7.75. The van der Waals surface area contributed by atoms with Crippen molar-refractivity contribution < 1.29 is 8.42 Å². The zero-order valence-electron chi connectivity index (χ0n) is 9.60. The third-order valence-electron chi connectivity index (χ3n) is 2.26. The van der Waals surface area contributed by atoms with Crippen LogP contribution in [-0.4, -0.2) is 31.6 Å². The highest BCUT2D eigenvalue weighted by Gasteiger charge is 2.08. The number of sulfonamides is 1. The first kappa shape index (κ1) is 14.4. The van der Waals surface area contributed by atoms with E-state index >= 15 is 0 Å². The lowest BCUT2D eigenvalue weighted by molar-refractivity contribution is 0.578. The molecule has 6 heteroatoms. The van der Waals surface area contributed by atoms with Crippen molar-refractivity contribution in [2.45, 2.75) is 19.3 Å². The second-order valence-electron chi connectivity index (χ2n) is 3.72. The van der Waals surface area contributed by atoms with Crippen LogP contribution >= 0.6 is 11.6 Å². The standard InChI is InChI=1S/C11H17ClN2O2S/c12-6-1-2-9-17(15,16)14-8-5-11-4-3-7-13-10-11/h3-4,7,10,14H,1-2,5-6,8-9H2. The molecule has 96 valence electrons. The van der Waals surface area contributed by atoms with Gasteiger partial charge in [0.25, 0.3) is 0 Å². The lowest BCUT2D eigenvalue weighted by atomic mass is 10.2. The molecule has 0 aliphatic heterocycles. The smallest absolute Gasteiger partial charge is 0.211 e. The molecule has 0 fully saturated rings. The Hall–Kier alpha value is -0.650. The lowest BCUT2D eigenvalue weighted by Crippen LogP contribution is -2.28. The van der Waals surface area contributed by atoms with Gasteiger partial charge in [0, 0.05) is 24.8 Å². The molecule has 0 spiro atoms. The molecule has 1 heterocycles. The van der Waals surface area contributed by atoms with Crippen LogP contribution < -0.4 is 4.72 Å². The van der Waals surface area contributed by atoms with E-state index in [9.17, 15) is 8.42 Å². The summed E-state index contributed by atoms with van der Waals surface area (Å²) in [6.07, 6.45) is 5.42. The lowest BCUT2D eigenvalue weighted by Gasteiger charge is -2.05. The van der Waals surface area contributed by atoms with E-state index in [1.807, 2.05) is 12.1 Å². The highest BCUT2D eigenvalue weighted by Crippen LogP contribution is 1.98. The number of aromatic nitrogens is 1. The largest absolute Gasteiger partial charge is 0.264 e. The van der Waals surface area contributed by atoms with Crippen LogP contribution in [-0.2, 0) is 16.4 Å². The number of nitrogens with zero attached hydrogens (tertiary/aromatic N) is 1. The van der Waals surface area contributed by atoms with Crippen molar-refractivity contribution in [2.75, 3.05) is 18.2 Å². The summed E-state index contributed by atoms with van der Waals surface area (Å²) >= 11 is 5.49. The van der Waals surface area contributed by atoms with Gasteiger partial charge in [-0.1, -0.05) is 6.07 Å². The van der Waals surface area contributed by atoms with E-state index in [2.05, 4.69) is 9.71 Å². The average molecular weight is 277 g/mol. The first-order valence-electron chi connectivity index (χ1n) is 5.56. The Morgan fingerprint density at radius 2 is 2.18 bits per heavy atom. The number of pyridine rings is 1.